The SMILES string of the molecule is CN(C(=O)OC(C)(C)C)C1COC(C)(C)OC1. The molecule has 1 amide bonds. The molecule has 1 aliphatic heterocycles. The number of ether oxygens (including phenoxy) is 3. The minimum absolute atomic E-state index is 0.0992. The highest BCUT2D eigenvalue weighted by atomic mass is 16.7. The standard InChI is InChI=1S/C12H23NO4/c1-11(2,3)17-10(14)13(6)9-7-15-12(4,5)16-8-9/h9H,7-8H2,1-6H3. The minimum Gasteiger partial charge on any atom is -0.444 e. The molecule has 0 N–H and O–H groups in total. The van der Waals surface area contributed by atoms with Crippen LogP contribution in [0.4, 0.5) is 4.79 Å². The molecule has 0 unspecified atom stereocenters. The monoisotopic (exact) mass is 245 g/mol. The molecule has 0 saturated carbocycles. The van der Waals surface area contributed by atoms with E-state index >= 15 is 0 Å². The lowest BCUT2D eigenvalue weighted by atomic mass is 10.2. The molecule has 1 fully saturated rings. The van der Waals surface area contributed by atoms with Gasteiger partial charge in [0, 0.05) is 7.05 Å². The minimum atomic E-state index is -0.564. The number of carbonyl (C=O) groups is 1. The van der Waals surface area contributed by atoms with Gasteiger partial charge in [0.2, 0.25) is 0 Å². The Hall–Kier alpha value is -0.810. The Morgan fingerprint density at radius 2 is 1.76 bits per heavy atom. The van der Waals surface area contributed by atoms with Gasteiger partial charge in [-0.2, -0.15) is 0 Å². The van der Waals surface area contributed by atoms with Crippen molar-refractivity contribution in [1.82, 2.24) is 4.90 Å². The van der Waals surface area contributed by atoms with Crippen molar-refractivity contribution >= 4 is 6.09 Å². The highest BCUT2D eigenvalue weighted by Gasteiger charge is 2.33. The lowest BCUT2D eigenvalue weighted by Crippen LogP contribution is -2.51. The fourth-order valence-electron chi connectivity index (χ4n) is 1.39. The van der Waals surface area contributed by atoms with Gasteiger partial charge >= 0.3 is 6.09 Å². The normalized spacial score (nSPS) is 21.1. The van der Waals surface area contributed by atoms with Crippen LogP contribution in [0.25, 0.3) is 0 Å². The predicted octanol–water partition coefficient (Wildman–Crippen LogP) is 2.00. The van der Waals surface area contributed by atoms with Crippen LogP contribution in [0.5, 0.6) is 0 Å². The summed E-state index contributed by atoms with van der Waals surface area (Å²) in [6.45, 7) is 10.2. The van der Waals surface area contributed by atoms with Crippen LogP contribution < -0.4 is 0 Å². The smallest absolute Gasteiger partial charge is 0.410 e. The second kappa shape index (κ2) is 4.82. The van der Waals surface area contributed by atoms with E-state index in [-0.39, 0.29) is 12.1 Å². The summed E-state index contributed by atoms with van der Waals surface area (Å²) < 4.78 is 16.3. The van der Waals surface area contributed by atoms with E-state index in [0.717, 1.165) is 0 Å². The van der Waals surface area contributed by atoms with Gasteiger partial charge in [-0.25, -0.2) is 4.79 Å². The van der Waals surface area contributed by atoms with Gasteiger partial charge in [-0.05, 0) is 34.6 Å². The van der Waals surface area contributed by atoms with E-state index in [4.69, 9.17) is 14.2 Å². The summed E-state index contributed by atoms with van der Waals surface area (Å²) in [5.41, 5.74) is -0.485. The maximum absolute atomic E-state index is 11.8. The molecule has 1 rings (SSSR count). The maximum atomic E-state index is 11.8. The summed E-state index contributed by atoms with van der Waals surface area (Å²) in [6.07, 6.45) is -0.352. The first-order valence-corrected chi connectivity index (χ1v) is 5.84. The van der Waals surface area contributed by atoms with Gasteiger partial charge in [-0.3, -0.25) is 0 Å². The Morgan fingerprint density at radius 3 is 2.18 bits per heavy atom. The van der Waals surface area contributed by atoms with Crippen molar-refractivity contribution in [3.8, 4) is 0 Å². The summed E-state index contributed by atoms with van der Waals surface area (Å²) >= 11 is 0. The Morgan fingerprint density at radius 1 is 1.29 bits per heavy atom. The zero-order valence-corrected chi connectivity index (χ0v) is 11.6. The number of hydrogen-bond donors (Lipinski definition) is 0. The summed E-state index contributed by atoms with van der Waals surface area (Å²) in [5, 5.41) is 0. The molecule has 0 spiro atoms. The van der Waals surface area contributed by atoms with Gasteiger partial charge in [0.25, 0.3) is 0 Å². The molecule has 5 heteroatoms. The van der Waals surface area contributed by atoms with Gasteiger partial charge in [-0.1, -0.05) is 0 Å². The fraction of sp³-hybridized carbons (Fsp3) is 0.917. The predicted molar refractivity (Wildman–Crippen MR) is 63.8 cm³/mol. The number of rotatable bonds is 1. The van der Waals surface area contributed by atoms with Gasteiger partial charge in [0.05, 0.1) is 19.3 Å². The molecule has 0 atom stereocenters. The Balaban J connectivity index is 2.49. The topological polar surface area (TPSA) is 48.0 Å². The summed E-state index contributed by atoms with van der Waals surface area (Å²) in [5.74, 6) is -0.564. The second-order valence-electron chi connectivity index (χ2n) is 5.77. The molecule has 5 nitrogen and oxygen atoms in total. The van der Waals surface area contributed by atoms with E-state index in [2.05, 4.69) is 0 Å². The van der Waals surface area contributed by atoms with E-state index < -0.39 is 11.4 Å². The lowest BCUT2D eigenvalue weighted by molar-refractivity contribution is -0.260. The molecule has 0 aliphatic carbocycles. The van der Waals surface area contributed by atoms with Gasteiger partial charge in [0.1, 0.15) is 5.60 Å². The average Bonchev–Trinajstić information content (AvgIpc) is 2.14. The van der Waals surface area contributed by atoms with Crippen molar-refractivity contribution in [3.63, 3.8) is 0 Å². The van der Waals surface area contributed by atoms with Crippen LogP contribution in [0.15, 0.2) is 0 Å². The number of carbonyl (C=O) groups excluding carboxylic acids is 1. The van der Waals surface area contributed by atoms with Crippen LogP contribution in [0.1, 0.15) is 34.6 Å². The van der Waals surface area contributed by atoms with Gasteiger partial charge < -0.3 is 19.1 Å². The van der Waals surface area contributed by atoms with E-state index in [1.54, 1.807) is 7.05 Å². The van der Waals surface area contributed by atoms with E-state index in [1.165, 1.54) is 4.90 Å². The van der Waals surface area contributed by atoms with Crippen molar-refractivity contribution in [3.05, 3.63) is 0 Å². The first-order chi connectivity index (χ1) is 7.61. The molecule has 0 bridgehead atoms. The molecule has 1 saturated heterocycles. The third-order valence-electron chi connectivity index (χ3n) is 2.48. The van der Waals surface area contributed by atoms with Crippen molar-refractivity contribution in [2.45, 2.75) is 52.0 Å². The molecular weight excluding hydrogens is 222 g/mol. The third-order valence-corrected chi connectivity index (χ3v) is 2.48. The van der Waals surface area contributed by atoms with E-state index in [0.29, 0.717) is 13.2 Å². The van der Waals surface area contributed by atoms with Crippen LogP contribution in [0, 0.1) is 0 Å². The third kappa shape index (κ3) is 4.52. The first kappa shape index (κ1) is 14.3. The zero-order chi connectivity index (χ0) is 13.3. The number of amides is 1. The quantitative estimate of drug-likeness (QED) is 0.709. The molecule has 0 aromatic heterocycles. The first-order valence-electron chi connectivity index (χ1n) is 5.84. The number of hydrogen-bond acceptors (Lipinski definition) is 4. The molecule has 1 aliphatic rings. The largest absolute Gasteiger partial charge is 0.444 e. The lowest BCUT2D eigenvalue weighted by Gasteiger charge is -2.39. The number of likely N-dealkylation sites (N-methyl/N-ethyl adjacent to an activating group) is 1. The Labute approximate surface area is 103 Å². The second-order valence-corrected chi connectivity index (χ2v) is 5.77. The highest BCUT2D eigenvalue weighted by Crippen LogP contribution is 2.20. The van der Waals surface area contributed by atoms with E-state index in [9.17, 15) is 4.79 Å². The van der Waals surface area contributed by atoms with Crippen molar-refractivity contribution in [1.29, 1.82) is 0 Å². The maximum Gasteiger partial charge on any atom is 0.410 e. The molecule has 0 aromatic carbocycles. The van der Waals surface area contributed by atoms with Gasteiger partial charge in [-0.15, -0.1) is 0 Å². The van der Waals surface area contributed by atoms with Crippen LogP contribution in [-0.2, 0) is 14.2 Å². The van der Waals surface area contributed by atoms with E-state index in [1.807, 2.05) is 34.6 Å². The highest BCUT2D eigenvalue weighted by molar-refractivity contribution is 5.68. The van der Waals surface area contributed by atoms with Crippen molar-refractivity contribution in [2.75, 3.05) is 20.3 Å². The molecule has 100 valence electrons. The van der Waals surface area contributed by atoms with Crippen molar-refractivity contribution < 1.29 is 19.0 Å². The zero-order valence-electron chi connectivity index (χ0n) is 11.6. The summed E-state index contributed by atoms with van der Waals surface area (Å²) in [4.78, 5) is 13.3. The van der Waals surface area contributed by atoms with Crippen molar-refractivity contribution in [2.24, 2.45) is 0 Å². The van der Waals surface area contributed by atoms with Crippen LogP contribution >= 0.6 is 0 Å². The molecular formula is C12H23NO4. The van der Waals surface area contributed by atoms with Crippen LogP contribution in [0.3, 0.4) is 0 Å². The molecule has 0 radical (unpaired) electrons. The van der Waals surface area contributed by atoms with Gasteiger partial charge in [0.15, 0.2) is 5.79 Å². The molecule has 17 heavy (non-hydrogen) atoms. The Bertz CT molecular complexity index is 273. The average molecular weight is 245 g/mol. The van der Waals surface area contributed by atoms with Crippen LogP contribution in [0.2, 0.25) is 0 Å². The Kier molecular flexibility index (Phi) is 4.04. The van der Waals surface area contributed by atoms with Crippen LogP contribution in [-0.4, -0.2) is 48.7 Å². The molecule has 1 heterocycles. The summed E-state index contributed by atoms with van der Waals surface area (Å²) in [7, 11) is 1.70. The number of nitrogens with zero attached hydrogens (tertiary/aromatic N) is 1. The fourth-order valence-corrected chi connectivity index (χ4v) is 1.39. The summed E-state index contributed by atoms with van der Waals surface area (Å²) in [6, 6.07) is -0.0992. The molecule has 0 aromatic rings.